The van der Waals surface area contributed by atoms with Crippen molar-refractivity contribution in [2.45, 2.75) is 26.7 Å². The maximum Gasteiger partial charge on any atom is 0.256 e. The van der Waals surface area contributed by atoms with Gasteiger partial charge in [-0.25, -0.2) is 9.97 Å². The van der Waals surface area contributed by atoms with Crippen molar-refractivity contribution in [1.29, 1.82) is 0 Å². The summed E-state index contributed by atoms with van der Waals surface area (Å²) in [5.41, 5.74) is 0.571. The van der Waals surface area contributed by atoms with E-state index in [4.69, 9.17) is 0 Å². The van der Waals surface area contributed by atoms with Gasteiger partial charge in [0.25, 0.3) is 5.91 Å². The van der Waals surface area contributed by atoms with Gasteiger partial charge in [-0.1, -0.05) is 0 Å². The highest BCUT2D eigenvalue weighted by molar-refractivity contribution is 5.93. The smallest absolute Gasteiger partial charge is 0.256 e. The first-order valence-corrected chi connectivity index (χ1v) is 6.62. The molecule has 1 aromatic rings. The molecule has 2 rings (SSSR count). The Morgan fingerprint density at radius 1 is 1.22 bits per heavy atom. The summed E-state index contributed by atoms with van der Waals surface area (Å²) in [6.07, 6.45) is 5.68. The third-order valence-electron chi connectivity index (χ3n) is 3.32. The fourth-order valence-electron chi connectivity index (χ4n) is 2.21. The Morgan fingerprint density at radius 3 is 2.28 bits per heavy atom. The third-order valence-corrected chi connectivity index (χ3v) is 3.32. The summed E-state index contributed by atoms with van der Waals surface area (Å²) in [5, 5.41) is 0. The maximum atomic E-state index is 12.1. The van der Waals surface area contributed by atoms with Crippen LogP contribution < -0.4 is 4.90 Å². The molecule has 1 aliphatic heterocycles. The number of nitrogens with zero attached hydrogens (tertiary/aromatic N) is 4. The van der Waals surface area contributed by atoms with Crippen molar-refractivity contribution in [3.63, 3.8) is 0 Å². The Hall–Kier alpha value is -1.65. The fraction of sp³-hybridized carbons (Fsp3) is 0.615. The van der Waals surface area contributed by atoms with E-state index in [-0.39, 0.29) is 5.91 Å². The van der Waals surface area contributed by atoms with E-state index in [0.717, 1.165) is 19.0 Å². The second-order valence-electron chi connectivity index (χ2n) is 4.44. The van der Waals surface area contributed by atoms with Crippen molar-refractivity contribution in [2.24, 2.45) is 0 Å². The molecule has 0 aromatic carbocycles. The van der Waals surface area contributed by atoms with Crippen LogP contribution in [0.2, 0.25) is 0 Å². The van der Waals surface area contributed by atoms with Gasteiger partial charge in [0.15, 0.2) is 0 Å². The van der Waals surface area contributed by atoms with E-state index in [9.17, 15) is 4.79 Å². The number of rotatable bonds is 4. The molecule has 0 radical (unpaired) electrons. The highest BCUT2D eigenvalue weighted by Crippen LogP contribution is 2.15. The summed E-state index contributed by atoms with van der Waals surface area (Å²) in [7, 11) is 0. The van der Waals surface area contributed by atoms with E-state index >= 15 is 0 Å². The lowest BCUT2D eigenvalue weighted by Crippen LogP contribution is -2.31. The summed E-state index contributed by atoms with van der Waals surface area (Å²) >= 11 is 0. The highest BCUT2D eigenvalue weighted by atomic mass is 16.2. The van der Waals surface area contributed by atoms with Gasteiger partial charge >= 0.3 is 0 Å². The van der Waals surface area contributed by atoms with Crippen molar-refractivity contribution in [1.82, 2.24) is 14.9 Å². The van der Waals surface area contributed by atoms with Gasteiger partial charge in [0.1, 0.15) is 0 Å². The van der Waals surface area contributed by atoms with E-state index in [1.165, 1.54) is 12.8 Å². The van der Waals surface area contributed by atoms with Crippen molar-refractivity contribution >= 4 is 11.9 Å². The monoisotopic (exact) mass is 248 g/mol. The number of anilines is 1. The highest BCUT2D eigenvalue weighted by Gasteiger charge is 2.17. The van der Waals surface area contributed by atoms with E-state index in [0.29, 0.717) is 18.7 Å². The van der Waals surface area contributed by atoms with Crippen LogP contribution in [0.25, 0.3) is 0 Å². The zero-order valence-corrected chi connectivity index (χ0v) is 11.1. The van der Waals surface area contributed by atoms with E-state index in [1.807, 2.05) is 13.8 Å². The summed E-state index contributed by atoms with van der Waals surface area (Å²) < 4.78 is 0. The number of carbonyl (C=O) groups excluding carboxylic acids is 1. The van der Waals surface area contributed by atoms with Crippen LogP contribution in [-0.2, 0) is 0 Å². The standard InChI is InChI=1S/C13H20N4O/c1-3-16(4-2)12(18)11-9-14-13(15-10-11)17-7-5-6-8-17/h9-10H,3-8H2,1-2H3. The van der Waals surface area contributed by atoms with Gasteiger partial charge in [-0.15, -0.1) is 0 Å². The average molecular weight is 248 g/mol. The Labute approximate surface area is 108 Å². The Balaban J connectivity index is 2.09. The minimum absolute atomic E-state index is 0.00738. The topological polar surface area (TPSA) is 49.3 Å². The molecule has 0 aliphatic carbocycles. The van der Waals surface area contributed by atoms with E-state index in [1.54, 1.807) is 17.3 Å². The van der Waals surface area contributed by atoms with Crippen LogP contribution in [0.1, 0.15) is 37.0 Å². The molecule has 1 fully saturated rings. The normalized spacial score (nSPS) is 14.9. The molecule has 2 heterocycles. The largest absolute Gasteiger partial charge is 0.341 e. The first kappa shape index (κ1) is 12.8. The Kier molecular flexibility index (Phi) is 4.12. The predicted octanol–water partition coefficient (Wildman–Crippen LogP) is 1.56. The lowest BCUT2D eigenvalue weighted by Gasteiger charge is -2.19. The molecule has 98 valence electrons. The maximum absolute atomic E-state index is 12.1. The molecule has 5 heteroatoms. The molecule has 0 unspecified atom stereocenters. The van der Waals surface area contributed by atoms with Gasteiger partial charge in [0.05, 0.1) is 5.56 Å². The van der Waals surface area contributed by atoms with Gasteiger partial charge in [-0.3, -0.25) is 4.79 Å². The van der Waals surface area contributed by atoms with Gasteiger partial charge in [0, 0.05) is 38.6 Å². The van der Waals surface area contributed by atoms with Crippen LogP contribution in [0.3, 0.4) is 0 Å². The number of carbonyl (C=O) groups is 1. The van der Waals surface area contributed by atoms with Crippen LogP contribution >= 0.6 is 0 Å². The van der Waals surface area contributed by atoms with Gasteiger partial charge < -0.3 is 9.80 Å². The molecule has 0 atom stereocenters. The Morgan fingerprint density at radius 2 is 1.78 bits per heavy atom. The van der Waals surface area contributed by atoms with Gasteiger partial charge in [-0.05, 0) is 26.7 Å². The fourth-order valence-corrected chi connectivity index (χ4v) is 2.21. The van der Waals surface area contributed by atoms with Crippen molar-refractivity contribution in [2.75, 3.05) is 31.1 Å². The molecule has 0 N–H and O–H groups in total. The summed E-state index contributed by atoms with van der Waals surface area (Å²) in [6.45, 7) is 7.40. The summed E-state index contributed by atoms with van der Waals surface area (Å²) in [6, 6.07) is 0. The van der Waals surface area contributed by atoms with Crippen LogP contribution in [0.15, 0.2) is 12.4 Å². The minimum atomic E-state index is 0.00738. The third kappa shape index (κ3) is 2.60. The number of hydrogen-bond donors (Lipinski definition) is 0. The first-order chi connectivity index (χ1) is 8.76. The first-order valence-electron chi connectivity index (χ1n) is 6.62. The number of hydrogen-bond acceptors (Lipinski definition) is 4. The lowest BCUT2D eigenvalue weighted by atomic mass is 10.3. The number of aromatic nitrogens is 2. The second kappa shape index (κ2) is 5.80. The molecule has 0 spiro atoms. The van der Waals surface area contributed by atoms with Crippen molar-refractivity contribution in [3.05, 3.63) is 18.0 Å². The second-order valence-corrected chi connectivity index (χ2v) is 4.44. The van der Waals surface area contributed by atoms with Crippen molar-refractivity contribution in [3.8, 4) is 0 Å². The minimum Gasteiger partial charge on any atom is -0.341 e. The molecule has 1 amide bonds. The Bertz CT molecular complexity index is 394. The van der Waals surface area contributed by atoms with Crippen molar-refractivity contribution < 1.29 is 4.79 Å². The molecular weight excluding hydrogens is 228 g/mol. The summed E-state index contributed by atoms with van der Waals surface area (Å²) in [4.78, 5) is 24.6. The zero-order valence-electron chi connectivity index (χ0n) is 11.1. The van der Waals surface area contributed by atoms with Gasteiger partial charge in [0.2, 0.25) is 5.95 Å². The molecule has 1 aliphatic rings. The average Bonchev–Trinajstić information content (AvgIpc) is 2.94. The van der Waals surface area contributed by atoms with Crippen LogP contribution in [0, 0.1) is 0 Å². The van der Waals surface area contributed by atoms with Crippen LogP contribution in [0.4, 0.5) is 5.95 Å². The van der Waals surface area contributed by atoms with E-state index in [2.05, 4.69) is 14.9 Å². The van der Waals surface area contributed by atoms with Gasteiger partial charge in [-0.2, -0.15) is 0 Å². The van der Waals surface area contributed by atoms with Crippen LogP contribution in [0.5, 0.6) is 0 Å². The predicted molar refractivity (Wildman–Crippen MR) is 70.7 cm³/mol. The quantitative estimate of drug-likeness (QED) is 0.811. The zero-order chi connectivity index (χ0) is 13.0. The molecule has 1 saturated heterocycles. The van der Waals surface area contributed by atoms with E-state index < -0.39 is 0 Å². The number of amides is 1. The lowest BCUT2D eigenvalue weighted by molar-refractivity contribution is 0.0772. The molecule has 1 aromatic heterocycles. The van der Waals surface area contributed by atoms with Crippen LogP contribution in [-0.4, -0.2) is 47.0 Å². The summed E-state index contributed by atoms with van der Waals surface area (Å²) in [5.74, 6) is 0.747. The molecule has 18 heavy (non-hydrogen) atoms. The molecule has 0 saturated carbocycles. The SMILES string of the molecule is CCN(CC)C(=O)c1cnc(N2CCCC2)nc1. The molecule has 0 bridgehead atoms. The molecular formula is C13H20N4O. The molecule has 5 nitrogen and oxygen atoms in total.